The zero-order valence-electron chi connectivity index (χ0n) is 22.7. The Kier molecular flexibility index (Phi) is 6.96. The number of benzene rings is 4. The van der Waals surface area contributed by atoms with Gasteiger partial charge in [-0.05, 0) is 135 Å². The fraction of sp³-hybridized carbons (Fsp3) is 0.182. The third-order valence-corrected chi connectivity index (χ3v) is 7.08. The number of nitrogens with zero attached hydrogens (tertiary/aromatic N) is 2. The lowest BCUT2D eigenvalue weighted by Crippen LogP contribution is -2.01. The number of methoxy groups -OCH3 is 2. The number of hydrogen-bond acceptors (Lipinski definition) is 3. The van der Waals surface area contributed by atoms with Crippen LogP contribution in [-0.2, 0) is 0 Å². The number of imidazole rings is 1. The average molecular weight is 521 g/mol. The van der Waals surface area contributed by atoms with E-state index >= 15 is 0 Å². The van der Waals surface area contributed by atoms with E-state index in [9.17, 15) is 0 Å². The van der Waals surface area contributed by atoms with E-state index in [1.807, 2.05) is 24.3 Å². The molecule has 0 bridgehead atoms. The summed E-state index contributed by atoms with van der Waals surface area (Å²) in [5.74, 6) is 1.62. The largest absolute Gasteiger partial charge is 0.497 e. The van der Waals surface area contributed by atoms with E-state index in [2.05, 4.69) is 97.5 Å². The topological polar surface area (TPSA) is 28.3 Å². The van der Waals surface area contributed by atoms with Crippen molar-refractivity contribution >= 4 is 12.2 Å². The highest BCUT2D eigenvalue weighted by molar-refractivity contribution is 7.71. The lowest BCUT2D eigenvalue weighted by Gasteiger charge is -2.14. The van der Waals surface area contributed by atoms with Crippen molar-refractivity contribution in [2.45, 2.75) is 27.7 Å². The summed E-state index contributed by atoms with van der Waals surface area (Å²) in [4.78, 5) is 0. The van der Waals surface area contributed by atoms with Crippen LogP contribution in [0.1, 0.15) is 22.3 Å². The lowest BCUT2D eigenvalue weighted by atomic mass is 10.0. The minimum Gasteiger partial charge on any atom is -0.497 e. The molecule has 1 aromatic heterocycles. The molecule has 0 aliphatic carbocycles. The number of hydrogen-bond donors (Lipinski definition) is 0. The molecule has 192 valence electrons. The summed E-state index contributed by atoms with van der Waals surface area (Å²) in [6, 6.07) is 29.5. The van der Waals surface area contributed by atoms with Crippen LogP contribution >= 0.6 is 12.2 Å². The van der Waals surface area contributed by atoms with Crippen LogP contribution in [0, 0.1) is 32.5 Å². The molecule has 1 heterocycles. The Hall–Kier alpha value is -4.09. The van der Waals surface area contributed by atoms with Crippen molar-refractivity contribution in [3.8, 4) is 45.4 Å². The first kappa shape index (κ1) is 25.6. The molecular formula is C33H32N2O2S. The van der Waals surface area contributed by atoms with E-state index in [-0.39, 0.29) is 0 Å². The summed E-state index contributed by atoms with van der Waals surface area (Å²) in [6.45, 7) is 8.49. The minimum absolute atomic E-state index is 0.705. The van der Waals surface area contributed by atoms with Crippen LogP contribution in [0.15, 0.2) is 84.9 Å². The maximum Gasteiger partial charge on any atom is 0.190 e. The summed E-state index contributed by atoms with van der Waals surface area (Å²) >= 11 is 6.31. The normalized spacial score (nSPS) is 11.0. The monoisotopic (exact) mass is 520 g/mol. The van der Waals surface area contributed by atoms with Gasteiger partial charge in [-0.1, -0.05) is 12.1 Å². The van der Waals surface area contributed by atoms with E-state index in [0.29, 0.717) is 4.77 Å². The Morgan fingerprint density at radius 3 is 1.11 bits per heavy atom. The quantitative estimate of drug-likeness (QED) is 0.210. The van der Waals surface area contributed by atoms with Gasteiger partial charge in [0.25, 0.3) is 0 Å². The number of ether oxygens (including phenoxy) is 2. The van der Waals surface area contributed by atoms with Crippen LogP contribution in [0.25, 0.3) is 33.9 Å². The van der Waals surface area contributed by atoms with Crippen LogP contribution in [0.5, 0.6) is 11.5 Å². The second-order valence-corrected chi connectivity index (χ2v) is 10.2. The van der Waals surface area contributed by atoms with Gasteiger partial charge in [0, 0.05) is 22.5 Å². The Morgan fingerprint density at radius 2 is 0.816 bits per heavy atom. The molecule has 5 heteroatoms. The molecule has 5 aromatic rings. The molecule has 0 radical (unpaired) electrons. The molecule has 4 nitrogen and oxygen atoms in total. The fourth-order valence-electron chi connectivity index (χ4n) is 5.17. The van der Waals surface area contributed by atoms with Gasteiger partial charge in [-0.3, -0.25) is 9.13 Å². The van der Waals surface area contributed by atoms with Crippen molar-refractivity contribution in [3.63, 3.8) is 0 Å². The van der Waals surface area contributed by atoms with Gasteiger partial charge in [0.15, 0.2) is 4.77 Å². The molecule has 4 aromatic carbocycles. The molecule has 5 rings (SSSR count). The summed E-state index contributed by atoms with van der Waals surface area (Å²) in [5, 5.41) is 0. The maximum absolute atomic E-state index is 6.31. The third-order valence-electron chi connectivity index (χ3n) is 6.71. The summed E-state index contributed by atoms with van der Waals surface area (Å²) in [5.41, 5.74) is 11.0. The van der Waals surface area contributed by atoms with Crippen molar-refractivity contribution in [2.24, 2.45) is 0 Å². The zero-order valence-corrected chi connectivity index (χ0v) is 23.5. The van der Waals surface area contributed by atoms with Crippen molar-refractivity contribution in [1.29, 1.82) is 0 Å². The molecule has 0 amide bonds. The Balaban J connectivity index is 1.95. The van der Waals surface area contributed by atoms with Gasteiger partial charge < -0.3 is 9.47 Å². The smallest absolute Gasteiger partial charge is 0.190 e. The molecule has 0 fully saturated rings. The molecule has 0 saturated heterocycles. The highest BCUT2D eigenvalue weighted by Gasteiger charge is 2.24. The first-order valence-corrected chi connectivity index (χ1v) is 13.0. The number of aromatic nitrogens is 2. The summed E-state index contributed by atoms with van der Waals surface area (Å²) < 4.78 is 16.1. The predicted molar refractivity (Wildman–Crippen MR) is 159 cm³/mol. The van der Waals surface area contributed by atoms with Crippen LogP contribution in [0.3, 0.4) is 0 Å². The SMILES string of the molecule is COc1ccc(-c2c(-c3ccc(OC)cc3)n(-c3cc(C)cc(C)c3)c(=S)n2-c2cc(C)cc(C)c2)cc1. The van der Waals surface area contributed by atoms with E-state index in [0.717, 1.165) is 45.4 Å². The standard InChI is InChI=1S/C33H32N2O2S/c1-21-15-22(2)18-27(17-21)34-31(25-7-11-29(36-5)12-8-25)32(26-9-13-30(37-6)14-10-26)35(33(34)38)28-19-23(3)16-24(4)20-28/h7-20H,1-6H3. The molecule has 0 spiro atoms. The lowest BCUT2D eigenvalue weighted by molar-refractivity contribution is 0.414. The number of aryl methyl sites for hydroxylation is 4. The predicted octanol–water partition coefficient (Wildman–Crippen LogP) is 8.58. The van der Waals surface area contributed by atoms with Gasteiger partial charge in [0.05, 0.1) is 25.6 Å². The molecule has 0 aliphatic rings. The average Bonchev–Trinajstić information content (AvgIpc) is 3.20. The van der Waals surface area contributed by atoms with Gasteiger partial charge in [-0.25, -0.2) is 0 Å². The van der Waals surface area contributed by atoms with Gasteiger partial charge >= 0.3 is 0 Å². The maximum atomic E-state index is 6.31. The molecule has 0 unspecified atom stereocenters. The Bertz CT molecular complexity index is 1510. The van der Waals surface area contributed by atoms with Gasteiger partial charge in [0.2, 0.25) is 0 Å². The Labute approximate surface area is 229 Å². The van der Waals surface area contributed by atoms with Crippen LogP contribution in [0.2, 0.25) is 0 Å². The van der Waals surface area contributed by atoms with E-state index in [1.165, 1.54) is 22.3 Å². The van der Waals surface area contributed by atoms with E-state index in [4.69, 9.17) is 21.7 Å². The Morgan fingerprint density at radius 1 is 0.500 bits per heavy atom. The highest BCUT2D eigenvalue weighted by atomic mass is 32.1. The molecular weight excluding hydrogens is 488 g/mol. The first-order valence-electron chi connectivity index (χ1n) is 12.6. The minimum atomic E-state index is 0.705. The summed E-state index contributed by atoms with van der Waals surface area (Å²) in [7, 11) is 3.37. The van der Waals surface area contributed by atoms with Crippen molar-refractivity contribution in [2.75, 3.05) is 14.2 Å². The number of rotatable bonds is 6. The van der Waals surface area contributed by atoms with Crippen LogP contribution in [-0.4, -0.2) is 23.4 Å². The summed E-state index contributed by atoms with van der Waals surface area (Å²) in [6.07, 6.45) is 0. The molecule has 0 aliphatic heterocycles. The van der Waals surface area contributed by atoms with Crippen LogP contribution < -0.4 is 9.47 Å². The molecule has 0 saturated carbocycles. The first-order chi connectivity index (χ1) is 18.3. The second-order valence-electron chi connectivity index (χ2n) is 9.80. The van der Waals surface area contributed by atoms with Crippen molar-refractivity contribution in [3.05, 3.63) is 112 Å². The third kappa shape index (κ3) is 4.77. The van der Waals surface area contributed by atoms with Gasteiger partial charge in [-0.2, -0.15) is 0 Å². The van der Waals surface area contributed by atoms with Crippen LogP contribution in [0.4, 0.5) is 0 Å². The zero-order chi connectivity index (χ0) is 27.0. The molecule has 38 heavy (non-hydrogen) atoms. The van der Waals surface area contributed by atoms with Crippen molar-refractivity contribution in [1.82, 2.24) is 9.13 Å². The van der Waals surface area contributed by atoms with Crippen molar-refractivity contribution < 1.29 is 9.47 Å². The fourth-order valence-corrected chi connectivity index (χ4v) is 5.56. The second kappa shape index (κ2) is 10.3. The van der Waals surface area contributed by atoms with E-state index in [1.54, 1.807) is 14.2 Å². The van der Waals surface area contributed by atoms with Gasteiger partial charge in [0.1, 0.15) is 11.5 Å². The molecule has 0 atom stereocenters. The highest BCUT2D eigenvalue weighted by Crippen LogP contribution is 2.40. The van der Waals surface area contributed by atoms with Gasteiger partial charge in [-0.15, -0.1) is 0 Å². The molecule has 0 N–H and O–H groups in total. The van der Waals surface area contributed by atoms with E-state index < -0.39 is 0 Å².